The molecule has 0 unspecified atom stereocenters. The SMILES string of the molecule is O=[N+]([O-])c1cc([N+](=O)[O-])c(S)c([N+](=O)[O-])c1. The lowest BCUT2D eigenvalue weighted by Gasteiger charge is -1.98. The van der Waals surface area contributed by atoms with Crippen LogP contribution in [0.2, 0.25) is 0 Å². The summed E-state index contributed by atoms with van der Waals surface area (Å²) in [6.45, 7) is 0. The summed E-state index contributed by atoms with van der Waals surface area (Å²) in [4.78, 5) is 28.0. The number of nitro benzene ring substituents is 3. The molecule has 0 aliphatic heterocycles. The first-order valence-electron chi connectivity index (χ1n) is 3.64. The topological polar surface area (TPSA) is 129 Å². The van der Waals surface area contributed by atoms with E-state index in [1.54, 1.807) is 0 Å². The third-order valence-electron chi connectivity index (χ3n) is 1.66. The molecule has 0 aliphatic carbocycles. The summed E-state index contributed by atoms with van der Waals surface area (Å²) in [5.74, 6) is 0. The minimum absolute atomic E-state index is 0.513. The Balaban J connectivity index is 3.57. The Morgan fingerprint density at radius 3 is 1.50 bits per heavy atom. The van der Waals surface area contributed by atoms with Gasteiger partial charge in [-0.1, -0.05) is 0 Å². The first kappa shape index (κ1) is 11.8. The van der Waals surface area contributed by atoms with Crippen LogP contribution < -0.4 is 0 Å². The van der Waals surface area contributed by atoms with Gasteiger partial charge in [0, 0.05) is 0 Å². The maximum absolute atomic E-state index is 10.5. The van der Waals surface area contributed by atoms with Crippen LogP contribution in [0.5, 0.6) is 0 Å². The van der Waals surface area contributed by atoms with Crippen molar-refractivity contribution in [1.29, 1.82) is 0 Å². The molecule has 0 amide bonds. The van der Waals surface area contributed by atoms with Crippen molar-refractivity contribution in [3.8, 4) is 0 Å². The molecule has 0 bridgehead atoms. The summed E-state index contributed by atoms with van der Waals surface area (Å²) in [5.41, 5.74) is -2.27. The van der Waals surface area contributed by atoms with Crippen molar-refractivity contribution < 1.29 is 14.8 Å². The monoisotopic (exact) mass is 245 g/mol. The molecule has 0 aliphatic rings. The van der Waals surface area contributed by atoms with Gasteiger partial charge in [0.25, 0.3) is 17.1 Å². The van der Waals surface area contributed by atoms with Gasteiger partial charge in [-0.3, -0.25) is 30.3 Å². The fraction of sp³-hybridized carbons (Fsp3) is 0. The van der Waals surface area contributed by atoms with E-state index >= 15 is 0 Å². The van der Waals surface area contributed by atoms with Crippen LogP contribution >= 0.6 is 12.6 Å². The summed E-state index contributed by atoms with van der Waals surface area (Å²) in [5, 5.41) is 31.4. The Kier molecular flexibility index (Phi) is 3.04. The predicted molar refractivity (Wildman–Crippen MR) is 53.7 cm³/mol. The second-order valence-electron chi connectivity index (χ2n) is 2.60. The molecule has 1 aromatic carbocycles. The summed E-state index contributed by atoms with van der Waals surface area (Å²) in [6.07, 6.45) is 0. The van der Waals surface area contributed by atoms with E-state index in [0.29, 0.717) is 12.1 Å². The van der Waals surface area contributed by atoms with Crippen LogP contribution in [0.15, 0.2) is 17.0 Å². The van der Waals surface area contributed by atoms with Gasteiger partial charge in [0.05, 0.1) is 26.9 Å². The molecule has 0 saturated carbocycles. The van der Waals surface area contributed by atoms with Crippen molar-refractivity contribution >= 4 is 29.7 Å². The molecule has 10 heteroatoms. The molecule has 16 heavy (non-hydrogen) atoms. The Morgan fingerprint density at radius 2 is 1.25 bits per heavy atom. The van der Waals surface area contributed by atoms with Crippen LogP contribution in [-0.2, 0) is 0 Å². The molecule has 1 rings (SSSR count). The van der Waals surface area contributed by atoms with E-state index in [1.165, 1.54) is 0 Å². The van der Waals surface area contributed by atoms with Gasteiger partial charge in [-0.05, 0) is 0 Å². The quantitative estimate of drug-likeness (QED) is 0.490. The first-order chi connectivity index (χ1) is 7.34. The number of hydrogen-bond donors (Lipinski definition) is 1. The van der Waals surface area contributed by atoms with Crippen molar-refractivity contribution in [2.45, 2.75) is 4.90 Å². The van der Waals surface area contributed by atoms with Crippen molar-refractivity contribution in [3.05, 3.63) is 42.5 Å². The Morgan fingerprint density at radius 1 is 0.875 bits per heavy atom. The van der Waals surface area contributed by atoms with Crippen molar-refractivity contribution in [2.75, 3.05) is 0 Å². The number of nitro groups is 3. The molecular formula is C6H3N3O6S. The van der Waals surface area contributed by atoms with Crippen molar-refractivity contribution in [2.24, 2.45) is 0 Å². The predicted octanol–water partition coefficient (Wildman–Crippen LogP) is 1.70. The largest absolute Gasteiger partial charge is 0.296 e. The number of rotatable bonds is 3. The summed E-state index contributed by atoms with van der Waals surface area (Å²) in [7, 11) is 0. The number of nitrogens with zero attached hydrogens (tertiary/aromatic N) is 3. The molecule has 1 aromatic rings. The fourth-order valence-electron chi connectivity index (χ4n) is 0.974. The number of non-ortho nitro benzene ring substituents is 1. The standard InChI is InChI=1S/C6H3N3O6S/c10-7(11)3-1-4(8(12)13)6(16)5(2-3)9(14)15/h1-2,16H. The zero-order valence-corrected chi connectivity index (χ0v) is 8.29. The maximum atomic E-state index is 10.5. The van der Waals surface area contributed by atoms with Crippen LogP contribution in [0.25, 0.3) is 0 Å². The Bertz CT molecular complexity index is 466. The molecule has 0 aromatic heterocycles. The van der Waals surface area contributed by atoms with E-state index in [-0.39, 0.29) is 0 Å². The van der Waals surface area contributed by atoms with E-state index in [9.17, 15) is 30.3 Å². The molecule has 0 radical (unpaired) electrons. The number of thiol groups is 1. The van der Waals surface area contributed by atoms with Gasteiger partial charge in [0.15, 0.2) is 4.90 Å². The van der Waals surface area contributed by atoms with Gasteiger partial charge in [-0.25, -0.2) is 0 Å². The highest BCUT2D eigenvalue weighted by Gasteiger charge is 2.28. The summed E-state index contributed by atoms with van der Waals surface area (Å²) < 4.78 is 0. The number of hydrogen-bond acceptors (Lipinski definition) is 7. The first-order valence-corrected chi connectivity index (χ1v) is 4.09. The van der Waals surface area contributed by atoms with Crippen LogP contribution in [0.4, 0.5) is 17.1 Å². The smallest absolute Gasteiger partial charge is 0.258 e. The lowest BCUT2D eigenvalue weighted by molar-refractivity contribution is -0.407. The fourth-order valence-corrected chi connectivity index (χ4v) is 1.27. The molecule has 9 nitrogen and oxygen atoms in total. The van der Waals surface area contributed by atoms with E-state index in [0.717, 1.165) is 0 Å². The van der Waals surface area contributed by atoms with Crippen LogP contribution in [0.1, 0.15) is 0 Å². The minimum atomic E-state index is -0.970. The Labute approximate surface area is 92.5 Å². The van der Waals surface area contributed by atoms with Crippen molar-refractivity contribution in [1.82, 2.24) is 0 Å². The molecule has 84 valence electrons. The van der Waals surface area contributed by atoms with E-state index in [4.69, 9.17) is 0 Å². The molecule has 0 fully saturated rings. The maximum Gasteiger partial charge on any atom is 0.296 e. The third-order valence-corrected chi connectivity index (χ3v) is 2.12. The van der Waals surface area contributed by atoms with Gasteiger partial charge in [0.2, 0.25) is 0 Å². The highest BCUT2D eigenvalue weighted by molar-refractivity contribution is 7.80. The molecule has 0 atom stereocenters. The summed E-state index contributed by atoms with van der Waals surface area (Å²) in [6, 6.07) is 1.24. The third kappa shape index (κ3) is 2.06. The second-order valence-corrected chi connectivity index (χ2v) is 3.05. The molecule has 0 spiro atoms. The van der Waals surface area contributed by atoms with Gasteiger partial charge in [0.1, 0.15) is 0 Å². The Hall–Kier alpha value is -2.23. The summed E-state index contributed by atoms with van der Waals surface area (Å²) >= 11 is 3.60. The van der Waals surface area contributed by atoms with Crippen LogP contribution in [0.3, 0.4) is 0 Å². The normalized spacial score (nSPS) is 9.81. The zero-order chi connectivity index (χ0) is 12.5. The van der Waals surface area contributed by atoms with E-state index < -0.39 is 36.7 Å². The average molecular weight is 245 g/mol. The van der Waals surface area contributed by atoms with E-state index in [2.05, 4.69) is 12.6 Å². The van der Waals surface area contributed by atoms with Gasteiger partial charge in [-0.15, -0.1) is 12.6 Å². The van der Waals surface area contributed by atoms with Gasteiger partial charge in [-0.2, -0.15) is 0 Å². The number of benzene rings is 1. The second kappa shape index (κ2) is 4.10. The van der Waals surface area contributed by atoms with Crippen LogP contribution in [0, 0.1) is 30.3 Å². The van der Waals surface area contributed by atoms with Gasteiger partial charge >= 0.3 is 0 Å². The molecule has 0 saturated heterocycles. The zero-order valence-electron chi connectivity index (χ0n) is 7.39. The molecule has 0 heterocycles. The van der Waals surface area contributed by atoms with Crippen molar-refractivity contribution in [3.63, 3.8) is 0 Å². The average Bonchev–Trinajstić information content (AvgIpc) is 2.16. The molecule has 0 N–H and O–H groups in total. The highest BCUT2D eigenvalue weighted by Crippen LogP contribution is 2.35. The van der Waals surface area contributed by atoms with E-state index in [1.807, 2.05) is 0 Å². The highest BCUT2D eigenvalue weighted by atomic mass is 32.1. The molecular weight excluding hydrogens is 242 g/mol. The lowest BCUT2D eigenvalue weighted by Crippen LogP contribution is -1.98. The van der Waals surface area contributed by atoms with Crippen LogP contribution in [-0.4, -0.2) is 14.8 Å². The lowest BCUT2D eigenvalue weighted by atomic mass is 10.2. The van der Waals surface area contributed by atoms with Gasteiger partial charge < -0.3 is 0 Å². The minimum Gasteiger partial charge on any atom is -0.258 e.